The van der Waals surface area contributed by atoms with Crippen LogP contribution in [0.5, 0.6) is 5.75 Å². The first-order valence-electron chi connectivity index (χ1n) is 8.50. The van der Waals surface area contributed by atoms with Crippen LogP contribution in [0.2, 0.25) is 10.0 Å². The van der Waals surface area contributed by atoms with Gasteiger partial charge in [0.2, 0.25) is 5.95 Å². The summed E-state index contributed by atoms with van der Waals surface area (Å²) in [6, 6.07) is 19.2. The molecule has 0 radical (unpaired) electrons. The zero-order valence-corrected chi connectivity index (χ0v) is 16.2. The summed E-state index contributed by atoms with van der Waals surface area (Å²) in [4.78, 5) is 8.40. The number of hydrogen-bond donors (Lipinski definition) is 2. The van der Waals surface area contributed by atoms with Crippen LogP contribution in [0.1, 0.15) is 5.69 Å². The largest absolute Gasteiger partial charge is 0.487 e. The van der Waals surface area contributed by atoms with Gasteiger partial charge in [0.15, 0.2) is 0 Å². The number of anilines is 2. The van der Waals surface area contributed by atoms with Gasteiger partial charge in [0.05, 0.1) is 15.7 Å². The molecule has 0 saturated heterocycles. The Hall–Kier alpha value is -3.02. The molecule has 1 heterocycles. The number of fused-ring (bicyclic) bond motifs is 1. The van der Waals surface area contributed by atoms with Gasteiger partial charge in [0, 0.05) is 5.56 Å². The predicted octanol–water partition coefficient (Wildman–Crippen LogP) is 5.35. The third kappa shape index (κ3) is 3.67. The fourth-order valence-corrected chi connectivity index (χ4v) is 3.32. The van der Waals surface area contributed by atoms with Crippen molar-refractivity contribution in [3.63, 3.8) is 0 Å². The number of hydrogen-bond acceptors (Lipinski definition) is 5. The number of nitrogens with zero attached hydrogens (tertiary/aromatic N) is 2. The first-order valence-corrected chi connectivity index (χ1v) is 9.26. The minimum absolute atomic E-state index is 0.0819. The van der Waals surface area contributed by atoms with E-state index in [1.807, 2.05) is 42.5 Å². The smallest absolute Gasteiger partial charge is 0.222 e. The van der Waals surface area contributed by atoms with Crippen LogP contribution in [0, 0.1) is 0 Å². The first kappa shape index (κ1) is 18.3. The van der Waals surface area contributed by atoms with Crippen LogP contribution in [0.4, 0.5) is 11.8 Å². The molecule has 7 heteroatoms. The SMILES string of the molecule is Nc1nc(N)c(-c2ccc(Cl)c(Cl)c2)c(COc2ccc3ccccc3c2)n1. The van der Waals surface area contributed by atoms with Crippen LogP contribution in [0.3, 0.4) is 0 Å². The van der Waals surface area contributed by atoms with Crippen LogP contribution < -0.4 is 16.2 Å². The van der Waals surface area contributed by atoms with E-state index in [-0.39, 0.29) is 18.4 Å². The highest BCUT2D eigenvalue weighted by molar-refractivity contribution is 6.42. The Balaban J connectivity index is 1.69. The number of nitrogen functional groups attached to an aromatic ring is 2. The monoisotopic (exact) mass is 410 g/mol. The van der Waals surface area contributed by atoms with Gasteiger partial charge in [0.25, 0.3) is 0 Å². The zero-order valence-electron chi connectivity index (χ0n) is 14.7. The molecule has 0 atom stereocenters. The minimum Gasteiger partial charge on any atom is -0.487 e. The average molecular weight is 411 g/mol. The Morgan fingerprint density at radius 2 is 1.61 bits per heavy atom. The summed E-state index contributed by atoms with van der Waals surface area (Å²) in [6.45, 7) is 0.171. The van der Waals surface area contributed by atoms with Gasteiger partial charge in [-0.2, -0.15) is 4.98 Å². The van der Waals surface area contributed by atoms with Gasteiger partial charge in [-0.05, 0) is 40.6 Å². The van der Waals surface area contributed by atoms with E-state index >= 15 is 0 Å². The molecular weight excluding hydrogens is 395 g/mol. The Morgan fingerprint density at radius 3 is 2.39 bits per heavy atom. The number of nitrogens with two attached hydrogens (primary N) is 2. The van der Waals surface area contributed by atoms with E-state index in [1.165, 1.54) is 0 Å². The molecule has 0 amide bonds. The van der Waals surface area contributed by atoms with Crippen molar-refractivity contribution >= 4 is 45.7 Å². The molecule has 4 N–H and O–H groups in total. The molecule has 0 aliphatic rings. The molecule has 0 spiro atoms. The van der Waals surface area contributed by atoms with E-state index in [2.05, 4.69) is 9.97 Å². The predicted molar refractivity (Wildman–Crippen MR) is 115 cm³/mol. The molecule has 0 saturated carbocycles. The molecule has 0 fully saturated rings. The van der Waals surface area contributed by atoms with Crippen LogP contribution in [-0.4, -0.2) is 9.97 Å². The van der Waals surface area contributed by atoms with Crippen molar-refractivity contribution in [2.75, 3.05) is 11.5 Å². The summed E-state index contributed by atoms with van der Waals surface area (Å²) in [5.41, 5.74) is 13.8. The second-order valence-electron chi connectivity index (χ2n) is 6.22. The molecule has 0 bridgehead atoms. The lowest BCUT2D eigenvalue weighted by atomic mass is 10.0. The summed E-state index contributed by atoms with van der Waals surface area (Å²) in [6.07, 6.45) is 0. The van der Waals surface area contributed by atoms with Gasteiger partial charge in [-0.3, -0.25) is 0 Å². The Kier molecular flexibility index (Phi) is 4.94. The Labute approximate surface area is 171 Å². The van der Waals surface area contributed by atoms with Crippen molar-refractivity contribution in [3.05, 3.63) is 76.4 Å². The molecule has 140 valence electrons. The van der Waals surface area contributed by atoms with E-state index in [0.29, 0.717) is 21.3 Å². The van der Waals surface area contributed by atoms with E-state index in [1.54, 1.807) is 18.2 Å². The van der Waals surface area contributed by atoms with Crippen molar-refractivity contribution in [3.8, 4) is 16.9 Å². The van der Waals surface area contributed by atoms with Crippen LogP contribution in [-0.2, 0) is 6.61 Å². The maximum absolute atomic E-state index is 6.16. The zero-order chi connectivity index (χ0) is 19.7. The number of ether oxygens (including phenoxy) is 1. The van der Waals surface area contributed by atoms with E-state index in [0.717, 1.165) is 22.1 Å². The lowest BCUT2D eigenvalue weighted by Gasteiger charge is -2.14. The number of halogens is 2. The summed E-state index contributed by atoms with van der Waals surface area (Å²) in [5, 5.41) is 3.10. The molecule has 28 heavy (non-hydrogen) atoms. The van der Waals surface area contributed by atoms with Gasteiger partial charge < -0.3 is 16.2 Å². The summed E-state index contributed by atoms with van der Waals surface area (Å²) >= 11 is 12.2. The molecule has 4 rings (SSSR count). The molecule has 0 aliphatic heterocycles. The highest BCUT2D eigenvalue weighted by Crippen LogP contribution is 2.33. The molecule has 4 aromatic rings. The minimum atomic E-state index is 0.0819. The number of aromatic nitrogens is 2. The van der Waals surface area contributed by atoms with Gasteiger partial charge in [-0.1, -0.05) is 59.6 Å². The molecule has 1 aromatic heterocycles. The van der Waals surface area contributed by atoms with Crippen LogP contribution >= 0.6 is 23.2 Å². The highest BCUT2D eigenvalue weighted by atomic mass is 35.5. The molecule has 0 aliphatic carbocycles. The standard InChI is InChI=1S/C21H16Cl2N4O/c22-16-8-6-14(10-17(16)23)19-18(26-21(25)27-20(19)24)11-28-15-7-5-12-3-1-2-4-13(12)9-15/h1-10H,11H2,(H4,24,25,26,27). The lowest BCUT2D eigenvalue weighted by molar-refractivity contribution is 0.302. The third-order valence-electron chi connectivity index (χ3n) is 4.33. The number of benzene rings is 3. The van der Waals surface area contributed by atoms with Gasteiger partial charge >= 0.3 is 0 Å². The van der Waals surface area contributed by atoms with Crippen molar-refractivity contribution in [2.24, 2.45) is 0 Å². The average Bonchev–Trinajstić information content (AvgIpc) is 2.68. The topological polar surface area (TPSA) is 87.0 Å². The van der Waals surface area contributed by atoms with Gasteiger partial charge in [-0.15, -0.1) is 0 Å². The molecule has 3 aromatic carbocycles. The lowest BCUT2D eigenvalue weighted by Crippen LogP contribution is -2.09. The quantitative estimate of drug-likeness (QED) is 0.473. The second kappa shape index (κ2) is 7.54. The van der Waals surface area contributed by atoms with Crippen molar-refractivity contribution in [2.45, 2.75) is 6.61 Å². The summed E-state index contributed by atoms with van der Waals surface area (Å²) in [7, 11) is 0. The first-order chi connectivity index (χ1) is 13.5. The summed E-state index contributed by atoms with van der Waals surface area (Å²) < 4.78 is 5.97. The summed E-state index contributed by atoms with van der Waals surface area (Å²) in [5.74, 6) is 1.05. The maximum atomic E-state index is 6.16. The Morgan fingerprint density at radius 1 is 0.821 bits per heavy atom. The molecule has 5 nitrogen and oxygen atoms in total. The van der Waals surface area contributed by atoms with E-state index < -0.39 is 0 Å². The highest BCUT2D eigenvalue weighted by Gasteiger charge is 2.15. The maximum Gasteiger partial charge on any atom is 0.222 e. The van der Waals surface area contributed by atoms with Gasteiger partial charge in [-0.25, -0.2) is 4.98 Å². The Bertz CT molecular complexity index is 1180. The fourth-order valence-electron chi connectivity index (χ4n) is 3.03. The normalized spacial score (nSPS) is 10.9. The van der Waals surface area contributed by atoms with Crippen molar-refractivity contribution in [1.29, 1.82) is 0 Å². The number of rotatable bonds is 4. The van der Waals surface area contributed by atoms with E-state index in [9.17, 15) is 0 Å². The van der Waals surface area contributed by atoms with Crippen molar-refractivity contribution in [1.82, 2.24) is 9.97 Å². The van der Waals surface area contributed by atoms with Crippen molar-refractivity contribution < 1.29 is 4.74 Å². The van der Waals surface area contributed by atoms with Crippen LogP contribution in [0.25, 0.3) is 21.9 Å². The third-order valence-corrected chi connectivity index (χ3v) is 5.07. The van der Waals surface area contributed by atoms with E-state index in [4.69, 9.17) is 39.4 Å². The molecule has 0 unspecified atom stereocenters. The fraction of sp³-hybridized carbons (Fsp3) is 0.0476. The second-order valence-corrected chi connectivity index (χ2v) is 7.03. The molecular formula is C21H16Cl2N4O. The van der Waals surface area contributed by atoms with Crippen LogP contribution in [0.15, 0.2) is 60.7 Å². The van der Waals surface area contributed by atoms with Gasteiger partial charge in [0.1, 0.15) is 18.2 Å².